The Balaban J connectivity index is 1.47. The van der Waals surface area contributed by atoms with Gasteiger partial charge < -0.3 is 10.2 Å². The molecule has 2 amide bonds. The van der Waals surface area contributed by atoms with E-state index in [4.69, 9.17) is 0 Å². The Morgan fingerprint density at radius 1 is 0.968 bits per heavy atom. The van der Waals surface area contributed by atoms with Crippen molar-refractivity contribution in [2.75, 3.05) is 38.0 Å². The minimum atomic E-state index is -4.53. The van der Waals surface area contributed by atoms with Gasteiger partial charge in [-0.05, 0) is 23.6 Å². The lowest BCUT2D eigenvalue weighted by Gasteiger charge is -2.35. The highest BCUT2D eigenvalue weighted by Crippen LogP contribution is 2.34. The van der Waals surface area contributed by atoms with Gasteiger partial charge in [0.15, 0.2) is 0 Å². The van der Waals surface area contributed by atoms with Gasteiger partial charge in [0, 0.05) is 32.6 Å². The van der Waals surface area contributed by atoms with Crippen LogP contribution >= 0.6 is 0 Å². The number of halogens is 3. The second-order valence-corrected chi connectivity index (χ2v) is 7.76. The summed E-state index contributed by atoms with van der Waals surface area (Å²) in [6, 6.07) is 14.8. The van der Waals surface area contributed by atoms with E-state index < -0.39 is 17.6 Å². The number of nitrogens with zero attached hydrogens (tertiary/aromatic N) is 2. The van der Waals surface area contributed by atoms with E-state index in [9.17, 15) is 22.8 Å². The summed E-state index contributed by atoms with van der Waals surface area (Å²) in [5, 5.41) is 2.36. The van der Waals surface area contributed by atoms with Gasteiger partial charge in [-0.15, -0.1) is 0 Å². The number of nitrogens with one attached hydrogen (secondary N) is 1. The molecule has 1 atom stereocenters. The topological polar surface area (TPSA) is 52.7 Å². The molecule has 1 saturated heterocycles. The van der Waals surface area contributed by atoms with Crippen molar-refractivity contribution in [3.63, 3.8) is 0 Å². The van der Waals surface area contributed by atoms with Gasteiger partial charge in [0.25, 0.3) is 0 Å². The van der Waals surface area contributed by atoms with E-state index in [2.05, 4.69) is 5.32 Å². The number of para-hydroxylation sites is 1. The molecular weight excluding hydrogens is 407 g/mol. The first-order valence-corrected chi connectivity index (χ1v) is 10.2. The second kappa shape index (κ2) is 9.96. The molecule has 3 rings (SSSR count). The zero-order valence-corrected chi connectivity index (χ0v) is 17.4. The smallest absolute Gasteiger partial charge is 0.340 e. The molecule has 0 aromatic heterocycles. The fourth-order valence-corrected chi connectivity index (χ4v) is 3.68. The SMILES string of the molecule is C[C@@H](CC(=O)N1CCN(CC(=O)Nc2ccccc2C(F)(F)F)CC1)c1ccccc1. The van der Waals surface area contributed by atoms with Gasteiger partial charge in [0.1, 0.15) is 0 Å². The third kappa shape index (κ3) is 6.30. The maximum Gasteiger partial charge on any atom is 0.418 e. The maximum atomic E-state index is 13.1. The van der Waals surface area contributed by atoms with Crippen molar-refractivity contribution >= 4 is 17.5 Å². The number of rotatable bonds is 6. The van der Waals surface area contributed by atoms with Crippen LogP contribution in [0, 0.1) is 0 Å². The molecule has 0 spiro atoms. The third-order valence-corrected chi connectivity index (χ3v) is 5.45. The summed E-state index contributed by atoms with van der Waals surface area (Å²) < 4.78 is 39.2. The average Bonchev–Trinajstić information content (AvgIpc) is 2.74. The minimum Gasteiger partial charge on any atom is -0.340 e. The van der Waals surface area contributed by atoms with Crippen LogP contribution in [0.4, 0.5) is 18.9 Å². The Labute approximate surface area is 179 Å². The molecule has 1 heterocycles. The summed E-state index contributed by atoms with van der Waals surface area (Å²) in [5.41, 5.74) is 0.000287. The van der Waals surface area contributed by atoms with Crippen LogP contribution in [-0.2, 0) is 15.8 Å². The largest absolute Gasteiger partial charge is 0.418 e. The van der Waals surface area contributed by atoms with Gasteiger partial charge in [-0.3, -0.25) is 14.5 Å². The summed E-state index contributed by atoms with van der Waals surface area (Å²) in [4.78, 5) is 28.5. The fourth-order valence-electron chi connectivity index (χ4n) is 3.68. The summed E-state index contributed by atoms with van der Waals surface area (Å²) in [5.74, 6) is -0.319. The van der Waals surface area contributed by atoms with Crippen LogP contribution in [0.25, 0.3) is 0 Å². The van der Waals surface area contributed by atoms with Crippen molar-refractivity contribution in [3.8, 4) is 0 Å². The zero-order chi connectivity index (χ0) is 22.4. The van der Waals surface area contributed by atoms with Crippen LogP contribution in [0.15, 0.2) is 54.6 Å². The first-order chi connectivity index (χ1) is 14.7. The summed E-state index contributed by atoms with van der Waals surface area (Å²) in [6.45, 7) is 3.99. The molecule has 0 unspecified atom stereocenters. The molecule has 1 fully saturated rings. The Morgan fingerprint density at radius 3 is 2.23 bits per heavy atom. The van der Waals surface area contributed by atoms with Gasteiger partial charge in [-0.25, -0.2) is 0 Å². The van der Waals surface area contributed by atoms with Crippen molar-refractivity contribution in [3.05, 3.63) is 65.7 Å². The lowest BCUT2D eigenvalue weighted by Crippen LogP contribution is -2.50. The van der Waals surface area contributed by atoms with E-state index >= 15 is 0 Å². The first-order valence-electron chi connectivity index (χ1n) is 10.2. The average molecular weight is 433 g/mol. The monoisotopic (exact) mass is 433 g/mol. The molecule has 2 aromatic rings. The van der Waals surface area contributed by atoms with Gasteiger partial charge in [-0.2, -0.15) is 13.2 Å². The van der Waals surface area contributed by atoms with Gasteiger partial charge in [0.05, 0.1) is 17.8 Å². The Hall–Kier alpha value is -2.87. The molecule has 0 saturated carbocycles. The molecule has 0 radical (unpaired) electrons. The van der Waals surface area contributed by atoms with Gasteiger partial charge in [-0.1, -0.05) is 49.4 Å². The number of piperazine rings is 1. The number of carbonyl (C=O) groups is 2. The molecule has 166 valence electrons. The van der Waals surface area contributed by atoms with E-state index in [1.54, 1.807) is 4.90 Å². The maximum absolute atomic E-state index is 13.1. The quantitative estimate of drug-likeness (QED) is 0.750. The number of hydrogen-bond donors (Lipinski definition) is 1. The van der Waals surface area contributed by atoms with Gasteiger partial charge >= 0.3 is 6.18 Å². The normalized spacial score (nSPS) is 16.1. The standard InChI is InChI=1S/C23H26F3N3O2/c1-17(18-7-3-2-4-8-18)15-22(31)29-13-11-28(12-14-29)16-21(30)27-20-10-6-5-9-19(20)23(24,25)26/h2-10,17H,11-16H2,1H3,(H,27,30)/t17-/m0/s1. The molecule has 31 heavy (non-hydrogen) atoms. The highest BCUT2D eigenvalue weighted by molar-refractivity contribution is 5.93. The molecule has 1 N–H and O–H groups in total. The highest BCUT2D eigenvalue weighted by atomic mass is 19.4. The number of hydrogen-bond acceptors (Lipinski definition) is 3. The van der Waals surface area contributed by atoms with Crippen LogP contribution < -0.4 is 5.32 Å². The van der Waals surface area contributed by atoms with E-state index in [0.717, 1.165) is 11.6 Å². The molecule has 8 heteroatoms. The Morgan fingerprint density at radius 2 is 1.58 bits per heavy atom. The van der Waals surface area contributed by atoms with Crippen molar-refractivity contribution in [1.82, 2.24) is 9.80 Å². The van der Waals surface area contributed by atoms with Crippen molar-refractivity contribution in [2.45, 2.75) is 25.4 Å². The number of benzene rings is 2. The van der Waals surface area contributed by atoms with E-state index in [-0.39, 0.29) is 24.1 Å². The Kier molecular flexibility index (Phi) is 7.33. The predicted molar refractivity (Wildman–Crippen MR) is 113 cm³/mol. The van der Waals surface area contributed by atoms with E-state index in [1.165, 1.54) is 18.2 Å². The third-order valence-electron chi connectivity index (χ3n) is 5.45. The lowest BCUT2D eigenvalue weighted by molar-refractivity contribution is -0.137. The molecule has 0 bridgehead atoms. The number of amides is 2. The minimum absolute atomic E-state index is 0.0192. The molecule has 1 aliphatic heterocycles. The van der Waals surface area contributed by atoms with Crippen LogP contribution in [0.1, 0.15) is 30.4 Å². The van der Waals surface area contributed by atoms with Crippen molar-refractivity contribution < 1.29 is 22.8 Å². The number of alkyl halides is 3. The summed E-state index contributed by atoms with van der Waals surface area (Å²) >= 11 is 0. The first kappa shape index (κ1) is 22.8. The predicted octanol–water partition coefficient (Wildman–Crippen LogP) is 3.98. The lowest BCUT2D eigenvalue weighted by atomic mass is 9.97. The van der Waals surface area contributed by atoms with Crippen LogP contribution in [0.3, 0.4) is 0 Å². The molecule has 0 aliphatic carbocycles. The van der Waals surface area contributed by atoms with Crippen LogP contribution in [0.5, 0.6) is 0 Å². The van der Waals surface area contributed by atoms with Crippen molar-refractivity contribution in [2.24, 2.45) is 0 Å². The molecule has 2 aromatic carbocycles. The highest BCUT2D eigenvalue weighted by Gasteiger charge is 2.33. The molecule has 5 nitrogen and oxygen atoms in total. The molecular formula is C23H26F3N3O2. The zero-order valence-electron chi connectivity index (χ0n) is 17.4. The summed E-state index contributed by atoms with van der Waals surface area (Å²) in [7, 11) is 0. The molecule has 1 aliphatic rings. The van der Waals surface area contributed by atoms with Crippen LogP contribution in [-0.4, -0.2) is 54.3 Å². The Bertz CT molecular complexity index is 894. The van der Waals surface area contributed by atoms with Crippen LogP contribution in [0.2, 0.25) is 0 Å². The van der Waals surface area contributed by atoms with E-state index in [0.29, 0.717) is 32.6 Å². The van der Waals surface area contributed by atoms with E-state index in [1.807, 2.05) is 42.2 Å². The number of anilines is 1. The number of carbonyl (C=O) groups excluding carboxylic acids is 2. The van der Waals surface area contributed by atoms with Gasteiger partial charge in [0.2, 0.25) is 11.8 Å². The fraction of sp³-hybridized carbons (Fsp3) is 0.391. The summed E-state index contributed by atoms with van der Waals surface area (Å²) in [6.07, 6.45) is -4.12. The second-order valence-electron chi connectivity index (χ2n) is 7.76. The van der Waals surface area contributed by atoms with Crippen molar-refractivity contribution in [1.29, 1.82) is 0 Å².